The van der Waals surface area contributed by atoms with E-state index >= 15 is 0 Å². The number of rotatable bonds is 10. The largest absolute Gasteiger partial charge is 0.489 e. The van der Waals surface area contributed by atoms with E-state index in [2.05, 4.69) is 24.7 Å². The summed E-state index contributed by atoms with van der Waals surface area (Å²) in [6.45, 7) is 15.9. The first-order valence-electron chi connectivity index (χ1n) is 7.03. The maximum Gasteiger partial charge on any atom is 0.152 e. The number of ether oxygens (including phenoxy) is 3. The minimum Gasteiger partial charge on any atom is -0.489 e. The summed E-state index contributed by atoms with van der Waals surface area (Å²) < 4.78 is 17.0. The van der Waals surface area contributed by atoms with Crippen molar-refractivity contribution in [3.05, 3.63) is 50.1 Å². The number of benzene rings is 1. The van der Waals surface area contributed by atoms with Gasteiger partial charge in [-0.2, -0.15) is 0 Å². The molecule has 1 aromatic rings. The topological polar surface area (TPSA) is 40.0 Å². The van der Waals surface area contributed by atoms with Crippen LogP contribution in [0.4, 0.5) is 5.69 Å². The zero-order valence-electron chi connectivity index (χ0n) is 13.3. The second kappa shape index (κ2) is 9.45. The van der Waals surface area contributed by atoms with Gasteiger partial charge in [-0.05, 0) is 13.8 Å². The van der Waals surface area contributed by atoms with E-state index in [4.69, 9.17) is 14.2 Å². The molecule has 0 aliphatic rings. The van der Waals surface area contributed by atoms with Crippen LogP contribution in [0.1, 0.15) is 13.8 Å². The van der Waals surface area contributed by atoms with Crippen molar-refractivity contribution in [1.82, 2.24) is 0 Å². The van der Waals surface area contributed by atoms with Crippen molar-refractivity contribution >= 4 is 11.4 Å². The fourth-order valence-corrected chi connectivity index (χ4v) is 1.65. The average Bonchev–Trinajstić information content (AvgIpc) is 2.50. The Morgan fingerprint density at radius 1 is 0.909 bits per heavy atom. The van der Waals surface area contributed by atoms with Crippen LogP contribution in [0.25, 0.3) is 0 Å². The maximum absolute atomic E-state index is 5.69. The highest BCUT2D eigenvalue weighted by molar-refractivity contribution is 5.84. The molecule has 0 heterocycles. The molecule has 4 heteroatoms. The Bertz CT molecular complexity index is 524. The van der Waals surface area contributed by atoms with Gasteiger partial charge in [0, 0.05) is 17.8 Å². The molecule has 1 rings (SSSR count). The Balaban J connectivity index is 3.30. The van der Waals surface area contributed by atoms with Crippen LogP contribution in [0, 0.1) is 0 Å². The van der Waals surface area contributed by atoms with E-state index < -0.39 is 0 Å². The molecular formula is C18H23NO3. The second-order valence-electron chi connectivity index (χ2n) is 4.63. The van der Waals surface area contributed by atoms with Crippen molar-refractivity contribution in [3.63, 3.8) is 0 Å². The minimum absolute atomic E-state index is 0.372. The molecular weight excluding hydrogens is 278 g/mol. The summed E-state index contributed by atoms with van der Waals surface area (Å²) in [4.78, 5) is 4.51. The number of hydrogen-bond acceptors (Lipinski definition) is 4. The van der Waals surface area contributed by atoms with E-state index in [-0.39, 0.29) is 0 Å². The number of nitrogens with zero attached hydrogens (tertiary/aromatic N) is 1. The van der Waals surface area contributed by atoms with Crippen LogP contribution in [0.3, 0.4) is 0 Å². The van der Waals surface area contributed by atoms with Crippen LogP contribution in [0.5, 0.6) is 17.2 Å². The standard InChI is InChI=1S/C18H23NO3/c1-6-9-20-15-12-16(21-10-7-2)18(19-14(4)5)17(13-15)22-11-8-3/h6-8,12-13H,1-3,9-11H2,4-5H3. The van der Waals surface area contributed by atoms with Gasteiger partial charge in [0.1, 0.15) is 31.3 Å². The Labute approximate surface area is 132 Å². The SMILES string of the molecule is C=CCOc1cc(OCC=C)c(N=C(C)C)c(OCC=C)c1. The predicted octanol–water partition coefficient (Wildman–Crippen LogP) is 4.49. The van der Waals surface area contributed by atoms with Gasteiger partial charge >= 0.3 is 0 Å². The van der Waals surface area contributed by atoms with Crippen molar-refractivity contribution < 1.29 is 14.2 Å². The van der Waals surface area contributed by atoms with Gasteiger partial charge in [-0.15, -0.1) is 0 Å². The molecule has 4 nitrogen and oxygen atoms in total. The molecule has 22 heavy (non-hydrogen) atoms. The van der Waals surface area contributed by atoms with Crippen LogP contribution >= 0.6 is 0 Å². The van der Waals surface area contributed by atoms with Crippen LogP contribution in [-0.2, 0) is 0 Å². The zero-order valence-corrected chi connectivity index (χ0v) is 13.3. The molecule has 0 spiro atoms. The normalized spacial score (nSPS) is 9.55. The monoisotopic (exact) mass is 301 g/mol. The summed E-state index contributed by atoms with van der Waals surface area (Å²) in [5.41, 5.74) is 1.53. The smallest absolute Gasteiger partial charge is 0.152 e. The Morgan fingerprint density at radius 3 is 1.77 bits per heavy atom. The predicted molar refractivity (Wildman–Crippen MR) is 92.0 cm³/mol. The molecule has 0 aromatic heterocycles. The van der Waals surface area contributed by atoms with E-state index in [9.17, 15) is 0 Å². The van der Waals surface area contributed by atoms with Crippen molar-refractivity contribution in [2.75, 3.05) is 19.8 Å². The fraction of sp³-hybridized carbons (Fsp3) is 0.278. The van der Waals surface area contributed by atoms with Crippen LogP contribution in [-0.4, -0.2) is 25.5 Å². The highest BCUT2D eigenvalue weighted by Crippen LogP contribution is 2.41. The second-order valence-corrected chi connectivity index (χ2v) is 4.63. The van der Waals surface area contributed by atoms with E-state index in [0.717, 1.165) is 5.71 Å². The summed E-state index contributed by atoms with van der Waals surface area (Å²) in [5.74, 6) is 1.80. The van der Waals surface area contributed by atoms with Gasteiger partial charge in [0.15, 0.2) is 11.5 Å². The van der Waals surface area contributed by atoms with E-state index in [1.54, 1.807) is 30.4 Å². The summed E-state index contributed by atoms with van der Waals surface area (Å²) in [5, 5.41) is 0. The fourth-order valence-electron chi connectivity index (χ4n) is 1.65. The summed E-state index contributed by atoms with van der Waals surface area (Å²) >= 11 is 0. The third kappa shape index (κ3) is 5.48. The number of hydrogen-bond donors (Lipinski definition) is 0. The van der Waals surface area contributed by atoms with Crippen molar-refractivity contribution in [3.8, 4) is 17.2 Å². The minimum atomic E-state index is 0.372. The first kappa shape index (κ1) is 17.6. The molecule has 0 N–H and O–H groups in total. The summed E-state index contributed by atoms with van der Waals surface area (Å²) in [6, 6.07) is 3.57. The van der Waals surface area contributed by atoms with Gasteiger partial charge < -0.3 is 14.2 Å². The molecule has 118 valence electrons. The van der Waals surface area contributed by atoms with Gasteiger partial charge in [-0.1, -0.05) is 38.0 Å². The summed E-state index contributed by atoms with van der Waals surface area (Å²) in [6.07, 6.45) is 5.03. The van der Waals surface area contributed by atoms with E-state index in [1.165, 1.54) is 0 Å². The lowest BCUT2D eigenvalue weighted by molar-refractivity contribution is 0.330. The molecule has 0 aliphatic heterocycles. The van der Waals surface area contributed by atoms with Gasteiger partial charge in [-0.3, -0.25) is 4.99 Å². The molecule has 0 radical (unpaired) electrons. The van der Waals surface area contributed by atoms with Crippen LogP contribution in [0.15, 0.2) is 55.1 Å². The lowest BCUT2D eigenvalue weighted by Crippen LogP contribution is -2.00. The zero-order chi connectivity index (χ0) is 16.4. The molecule has 0 bridgehead atoms. The van der Waals surface area contributed by atoms with E-state index in [1.807, 2.05) is 13.8 Å². The van der Waals surface area contributed by atoms with Gasteiger partial charge in [-0.25, -0.2) is 0 Å². The third-order valence-electron chi connectivity index (χ3n) is 2.43. The Hall–Kier alpha value is -2.49. The van der Waals surface area contributed by atoms with Crippen molar-refractivity contribution in [2.45, 2.75) is 13.8 Å². The highest BCUT2D eigenvalue weighted by atomic mass is 16.5. The molecule has 0 saturated heterocycles. The quantitative estimate of drug-likeness (QED) is 0.472. The molecule has 0 atom stereocenters. The summed E-state index contributed by atoms with van der Waals surface area (Å²) in [7, 11) is 0. The van der Waals surface area contributed by atoms with Crippen molar-refractivity contribution in [2.24, 2.45) is 4.99 Å². The lowest BCUT2D eigenvalue weighted by atomic mass is 10.2. The lowest BCUT2D eigenvalue weighted by Gasteiger charge is -2.15. The molecule has 0 unspecified atom stereocenters. The van der Waals surface area contributed by atoms with Crippen LogP contribution < -0.4 is 14.2 Å². The van der Waals surface area contributed by atoms with Gasteiger partial charge in [0.05, 0.1) is 0 Å². The van der Waals surface area contributed by atoms with Gasteiger partial charge in [0.2, 0.25) is 0 Å². The molecule has 1 aromatic carbocycles. The first-order valence-corrected chi connectivity index (χ1v) is 7.03. The van der Waals surface area contributed by atoms with Gasteiger partial charge in [0.25, 0.3) is 0 Å². The maximum atomic E-state index is 5.69. The molecule has 0 saturated carbocycles. The Kier molecular flexibility index (Phi) is 7.54. The number of aliphatic imine (C=N–C) groups is 1. The third-order valence-corrected chi connectivity index (χ3v) is 2.43. The highest BCUT2D eigenvalue weighted by Gasteiger charge is 2.14. The average molecular weight is 301 g/mol. The molecule has 0 aliphatic carbocycles. The molecule has 0 fully saturated rings. The molecule has 0 amide bonds. The van der Waals surface area contributed by atoms with Crippen LogP contribution in [0.2, 0.25) is 0 Å². The Morgan fingerprint density at radius 2 is 1.36 bits per heavy atom. The van der Waals surface area contributed by atoms with Crippen molar-refractivity contribution in [1.29, 1.82) is 0 Å². The van der Waals surface area contributed by atoms with E-state index in [0.29, 0.717) is 42.8 Å². The first-order chi connectivity index (χ1) is 10.6.